The molecule has 0 unspecified atom stereocenters. The minimum atomic E-state index is -0.0938. The molecule has 0 aliphatic heterocycles. The number of benzene rings is 1. The van der Waals surface area contributed by atoms with Crippen LogP contribution in [0.5, 0.6) is 0 Å². The van der Waals surface area contributed by atoms with Crippen molar-refractivity contribution in [3.05, 3.63) is 34.3 Å². The van der Waals surface area contributed by atoms with E-state index in [1.165, 1.54) is 0 Å². The van der Waals surface area contributed by atoms with Gasteiger partial charge >= 0.3 is 0 Å². The zero-order valence-corrected chi connectivity index (χ0v) is 8.64. The standard InChI is InChI=1S/C10H14ClNO/c1-7-3-4-8(11)5-9(7)10(12)6-13-2/h3-5,10H,6,12H2,1-2H3/t10-/m0/s1. The van der Waals surface area contributed by atoms with E-state index >= 15 is 0 Å². The van der Waals surface area contributed by atoms with E-state index < -0.39 is 0 Å². The fourth-order valence-corrected chi connectivity index (χ4v) is 1.46. The predicted octanol–water partition coefficient (Wildman–Crippen LogP) is 2.29. The van der Waals surface area contributed by atoms with Crippen molar-refractivity contribution in [2.24, 2.45) is 5.73 Å². The van der Waals surface area contributed by atoms with Crippen LogP contribution in [0.15, 0.2) is 18.2 Å². The van der Waals surface area contributed by atoms with Gasteiger partial charge in [0.05, 0.1) is 12.6 Å². The van der Waals surface area contributed by atoms with Crippen molar-refractivity contribution in [1.29, 1.82) is 0 Å². The van der Waals surface area contributed by atoms with Crippen molar-refractivity contribution >= 4 is 11.6 Å². The second kappa shape index (κ2) is 4.61. The van der Waals surface area contributed by atoms with Crippen LogP contribution in [0.3, 0.4) is 0 Å². The Labute approximate surface area is 83.6 Å². The molecule has 1 rings (SSSR count). The molecular formula is C10H14ClNO. The van der Waals surface area contributed by atoms with E-state index in [-0.39, 0.29) is 6.04 Å². The summed E-state index contributed by atoms with van der Waals surface area (Å²) in [5.74, 6) is 0. The zero-order valence-electron chi connectivity index (χ0n) is 7.88. The number of nitrogens with two attached hydrogens (primary N) is 1. The molecule has 13 heavy (non-hydrogen) atoms. The number of methoxy groups -OCH3 is 1. The molecule has 0 saturated carbocycles. The van der Waals surface area contributed by atoms with Gasteiger partial charge in [-0.1, -0.05) is 17.7 Å². The molecule has 1 atom stereocenters. The first-order valence-corrected chi connectivity index (χ1v) is 4.53. The van der Waals surface area contributed by atoms with Gasteiger partial charge in [0.2, 0.25) is 0 Å². The quantitative estimate of drug-likeness (QED) is 0.811. The lowest BCUT2D eigenvalue weighted by molar-refractivity contribution is 0.180. The Balaban J connectivity index is 2.91. The lowest BCUT2D eigenvalue weighted by Crippen LogP contribution is -2.17. The van der Waals surface area contributed by atoms with Gasteiger partial charge in [-0.05, 0) is 30.2 Å². The van der Waals surface area contributed by atoms with E-state index in [0.29, 0.717) is 11.6 Å². The molecule has 0 amide bonds. The van der Waals surface area contributed by atoms with E-state index in [1.54, 1.807) is 7.11 Å². The minimum Gasteiger partial charge on any atom is -0.383 e. The van der Waals surface area contributed by atoms with Gasteiger partial charge in [-0.15, -0.1) is 0 Å². The van der Waals surface area contributed by atoms with Crippen LogP contribution in [0.25, 0.3) is 0 Å². The lowest BCUT2D eigenvalue weighted by Gasteiger charge is -2.13. The Kier molecular flexibility index (Phi) is 3.72. The zero-order chi connectivity index (χ0) is 9.84. The molecule has 72 valence electrons. The Morgan fingerprint density at radius 2 is 2.23 bits per heavy atom. The molecule has 0 fully saturated rings. The molecular weight excluding hydrogens is 186 g/mol. The number of rotatable bonds is 3. The summed E-state index contributed by atoms with van der Waals surface area (Å²) in [6.45, 7) is 2.53. The molecule has 0 aromatic heterocycles. The van der Waals surface area contributed by atoms with E-state index in [2.05, 4.69) is 0 Å². The second-order valence-corrected chi connectivity index (χ2v) is 3.50. The highest BCUT2D eigenvalue weighted by Gasteiger charge is 2.08. The van der Waals surface area contributed by atoms with Crippen LogP contribution in [0.4, 0.5) is 0 Å². The topological polar surface area (TPSA) is 35.2 Å². The first-order valence-electron chi connectivity index (χ1n) is 4.15. The smallest absolute Gasteiger partial charge is 0.0655 e. The van der Waals surface area contributed by atoms with Crippen LogP contribution < -0.4 is 5.73 Å². The molecule has 0 bridgehead atoms. The van der Waals surface area contributed by atoms with Gasteiger partial charge < -0.3 is 10.5 Å². The van der Waals surface area contributed by atoms with Gasteiger partial charge in [0.1, 0.15) is 0 Å². The summed E-state index contributed by atoms with van der Waals surface area (Å²) in [6, 6.07) is 5.62. The molecule has 2 N–H and O–H groups in total. The summed E-state index contributed by atoms with van der Waals surface area (Å²) in [5.41, 5.74) is 8.09. The highest BCUT2D eigenvalue weighted by atomic mass is 35.5. The predicted molar refractivity (Wildman–Crippen MR) is 55.0 cm³/mol. The van der Waals surface area contributed by atoms with Crippen LogP contribution in [-0.2, 0) is 4.74 Å². The third-order valence-electron chi connectivity index (χ3n) is 1.99. The average molecular weight is 200 g/mol. The SMILES string of the molecule is COC[C@H](N)c1cc(Cl)ccc1C. The molecule has 0 saturated heterocycles. The average Bonchev–Trinajstić information content (AvgIpc) is 2.09. The summed E-state index contributed by atoms with van der Waals surface area (Å²) in [6.07, 6.45) is 0. The molecule has 2 nitrogen and oxygen atoms in total. The van der Waals surface area contributed by atoms with E-state index in [0.717, 1.165) is 11.1 Å². The fraction of sp³-hybridized carbons (Fsp3) is 0.400. The van der Waals surface area contributed by atoms with Crippen molar-refractivity contribution in [3.8, 4) is 0 Å². The van der Waals surface area contributed by atoms with Gasteiger partial charge in [-0.25, -0.2) is 0 Å². The van der Waals surface area contributed by atoms with Crippen molar-refractivity contribution in [3.63, 3.8) is 0 Å². The van der Waals surface area contributed by atoms with E-state index in [9.17, 15) is 0 Å². The van der Waals surface area contributed by atoms with Crippen LogP contribution in [0, 0.1) is 6.92 Å². The monoisotopic (exact) mass is 199 g/mol. The number of ether oxygens (including phenoxy) is 1. The second-order valence-electron chi connectivity index (χ2n) is 3.06. The molecule has 1 aromatic carbocycles. The van der Waals surface area contributed by atoms with Crippen LogP contribution in [0.1, 0.15) is 17.2 Å². The molecule has 0 spiro atoms. The van der Waals surface area contributed by atoms with Gasteiger partial charge in [-0.3, -0.25) is 0 Å². The summed E-state index contributed by atoms with van der Waals surface area (Å²) in [5, 5.41) is 0.715. The van der Waals surface area contributed by atoms with Gasteiger partial charge in [0.25, 0.3) is 0 Å². The Morgan fingerprint density at radius 3 is 2.85 bits per heavy atom. The molecule has 0 heterocycles. The summed E-state index contributed by atoms with van der Waals surface area (Å²) in [4.78, 5) is 0. The maximum atomic E-state index is 5.89. The maximum Gasteiger partial charge on any atom is 0.0655 e. The number of halogens is 1. The van der Waals surface area contributed by atoms with Gasteiger partial charge in [0.15, 0.2) is 0 Å². The molecule has 0 aliphatic carbocycles. The Hall–Kier alpha value is -0.570. The maximum absolute atomic E-state index is 5.89. The first-order chi connectivity index (χ1) is 6.15. The minimum absolute atomic E-state index is 0.0938. The Bertz CT molecular complexity index is 288. The molecule has 0 aliphatic rings. The van der Waals surface area contributed by atoms with Crippen molar-refractivity contribution in [1.82, 2.24) is 0 Å². The van der Waals surface area contributed by atoms with Crippen molar-refractivity contribution in [2.45, 2.75) is 13.0 Å². The molecule has 3 heteroatoms. The third-order valence-corrected chi connectivity index (χ3v) is 2.22. The van der Waals surface area contributed by atoms with Crippen LogP contribution >= 0.6 is 11.6 Å². The van der Waals surface area contributed by atoms with Gasteiger partial charge in [-0.2, -0.15) is 0 Å². The van der Waals surface area contributed by atoms with Crippen LogP contribution in [-0.4, -0.2) is 13.7 Å². The van der Waals surface area contributed by atoms with Crippen molar-refractivity contribution < 1.29 is 4.74 Å². The first kappa shape index (κ1) is 10.5. The molecule has 0 radical (unpaired) electrons. The fourth-order valence-electron chi connectivity index (χ4n) is 1.28. The Morgan fingerprint density at radius 1 is 1.54 bits per heavy atom. The highest BCUT2D eigenvalue weighted by molar-refractivity contribution is 6.30. The number of hydrogen-bond acceptors (Lipinski definition) is 2. The summed E-state index contributed by atoms with van der Waals surface area (Å²) in [7, 11) is 1.64. The normalized spacial score (nSPS) is 12.9. The summed E-state index contributed by atoms with van der Waals surface area (Å²) < 4.78 is 4.98. The van der Waals surface area contributed by atoms with E-state index in [1.807, 2.05) is 25.1 Å². The molecule has 1 aromatic rings. The van der Waals surface area contributed by atoms with Crippen LogP contribution in [0.2, 0.25) is 5.02 Å². The summed E-state index contributed by atoms with van der Waals surface area (Å²) >= 11 is 5.86. The number of aryl methyl sites for hydroxylation is 1. The van der Waals surface area contributed by atoms with E-state index in [4.69, 9.17) is 22.1 Å². The van der Waals surface area contributed by atoms with Gasteiger partial charge in [0, 0.05) is 12.1 Å². The lowest BCUT2D eigenvalue weighted by atomic mass is 10.0. The van der Waals surface area contributed by atoms with Crippen molar-refractivity contribution in [2.75, 3.05) is 13.7 Å². The highest BCUT2D eigenvalue weighted by Crippen LogP contribution is 2.20. The largest absolute Gasteiger partial charge is 0.383 e. The third kappa shape index (κ3) is 2.69. The number of hydrogen-bond donors (Lipinski definition) is 1.